The molecule has 1 amide bonds. The van der Waals surface area contributed by atoms with Crippen LogP contribution in [0.25, 0.3) is 0 Å². The van der Waals surface area contributed by atoms with E-state index in [2.05, 4.69) is 5.32 Å². The molecule has 0 aliphatic heterocycles. The van der Waals surface area contributed by atoms with Gasteiger partial charge in [0.05, 0.1) is 20.6 Å². The van der Waals surface area contributed by atoms with Gasteiger partial charge in [-0.3, -0.25) is 4.79 Å². The fourth-order valence-corrected chi connectivity index (χ4v) is 2.27. The van der Waals surface area contributed by atoms with Crippen LogP contribution < -0.4 is 5.32 Å². The summed E-state index contributed by atoms with van der Waals surface area (Å²) in [5, 5.41) is 3.43. The quantitative estimate of drug-likeness (QED) is 0.758. The summed E-state index contributed by atoms with van der Waals surface area (Å²) in [6, 6.07) is 10.5. The van der Waals surface area contributed by atoms with Crippen molar-refractivity contribution in [1.82, 2.24) is 0 Å². The van der Waals surface area contributed by atoms with Gasteiger partial charge in [-0.25, -0.2) is 0 Å². The second-order valence-corrected chi connectivity index (χ2v) is 5.23. The van der Waals surface area contributed by atoms with Gasteiger partial charge in [-0.05, 0) is 31.2 Å². The maximum absolute atomic E-state index is 12.2. The van der Waals surface area contributed by atoms with E-state index >= 15 is 0 Å². The standard InChI is InChI=1S/C14H10Cl3NO/c1-8-2-4-9(5-3-8)18-14(19)12-10(15)6-7-11(16)13(12)17/h2-7H,1H3,(H,18,19). The molecule has 0 saturated heterocycles. The molecule has 1 N–H and O–H groups in total. The van der Waals surface area contributed by atoms with E-state index in [-0.39, 0.29) is 21.5 Å². The fraction of sp³-hybridized carbons (Fsp3) is 0.0714. The molecule has 0 aliphatic carbocycles. The zero-order valence-electron chi connectivity index (χ0n) is 10.0. The third-order valence-electron chi connectivity index (χ3n) is 2.58. The van der Waals surface area contributed by atoms with Crippen LogP contribution in [-0.4, -0.2) is 5.91 Å². The Kier molecular flexibility index (Phi) is 4.35. The number of amides is 1. The second-order valence-electron chi connectivity index (χ2n) is 4.04. The van der Waals surface area contributed by atoms with Gasteiger partial charge in [-0.15, -0.1) is 0 Å². The molecule has 2 aromatic rings. The van der Waals surface area contributed by atoms with Gasteiger partial charge in [0.2, 0.25) is 0 Å². The van der Waals surface area contributed by atoms with Crippen molar-refractivity contribution in [1.29, 1.82) is 0 Å². The number of aryl methyl sites for hydroxylation is 1. The van der Waals surface area contributed by atoms with Crippen LogP contribution >= 0.6 is 34.8 Å². The largest absolute Gasteiger partial charge is 0.322 e. The Morgan fingerprint density at radius 1 is 0.947 bits per heavy atom. The average molecular weight is 315 g/mol. The molecule has 0 heterocycles. The topological polar surface area (TPSA) is 29.1 Å². The van der Waals surface area contributed by atoms with Crippen LogP contribution in [-0.2, 0) is 0 Å². The van der Waals surface area contributed by atoms with Crippen LogP contribution in [0.1, 0.15) is 15.9 Å². The van der Waals surface area contributed by atoms with Gasteiger partial charge < -0.3 is 5.32 Å². The number of hydrogen-bond acceptors (Lipinski definition) is 1. The first-order chi connectivity index (χ1) is 8.99. The molecule has 0 spiro atoms. The number of hydrogen-bond donors (Lipinski definition) is 1. The lowest BCUT2D eigenvalue weighted by Crippen LogP contribution is -2.13. The Morgan fingerprint density at radius 2 is 1.53 bits per heavy atom. The number of carbonyl (C=O) groups is 1. The van der Waals surface area contributed by atoms with Gasteiger partial charge in [0.1, 0.15) is 0 Å². The molecule has 2 rings (SSSR count). The van der Waals surface area contributed by atoms with Crippen molar-refractivity contribution in [2.45, 2.75) is 6.92 Å². The highest BCUT2D eigenvalue weighted by atomic mass is 35.5. The van der Waals surface area contributed by atoms with Gasteiger partial charge in [0.25, 0.3) is 5.91 Å². The molecule has 0 atom stereocenters. The highest BCUT2D eigenvalue weighted by molar-refractivity contribution is 6.46. The van der Waals surface area contributed by atoms with E-state index in [0.717, 1.165) is 5.56 Å². The van der Waals surface area contributed by atoms with E-state index in [1.165, 1.54) is 0 Å². The van der Waals surface area contributed by atoms with Crippen LogP contribution in [0.3, 0.4) is 0 Å². The number of rotatable bonds is 2. The minimum atomic E-state index is -0.388. The highest BCUT2D eigenvalue weighted by Gasteiger charge is 2.17. The van der Waals surface area contributed by atoms with Gasteiger partial charge in [0.15, 0.2) is 0 Å². The lowest BCUT2D eigenvalue weighted by Gasteiger charge is -2.09. The number of benzene rings is 2. The summed E-state index contributed by atoms with van der Waals surface area (Å²) < 4.78 is 0. The summed E-state index contributed by atoms with van der Waals surface area (Å²) in [5.41, 5.74) is 1.95. The van der Waals surface area contributed by atoms with E-state index in [1.807, 2.05) is 19.1 Å². The molecular weight excluding hydrogens is 305 g/mol. The average Bonchev–Trinajstić information content (AvgIpc) is 2.37. The number of nitrogens with one attached hydrogen (secondary N) is 1. The molecule has 0 aromatic heterocycles. The van der Waals surface area contributed by atoms with Gasteiger partial charge in [-0.2, -0.15) is 0 Å². The first-order valence-electron chi connectivity index (χ1n) is 5.50. The van der Waals surface area contributed by atoms with Crippen molar-refractivity contribution in [3.63, 3.8) is 0 Å². The van der Waals surface area contributed by atoms with Crippen molar-refractivity contribution >= 4 is 46.4 Å². The van der Waals surface area contributed by atoms with Crippen molar-refractivity contribution in [2.75, 3.05) is 5.32 Å². The molecule has 5 heteroatoms. The Hall–Kier alpha value is -1.22. The summed E-state index contributed by atoms with van der Waals surface area (Å²) in [4.78, 5) is 12.2. The lowest BCUT2D eigenvalue weighted by atomic mass is 10.2. The fourth-order valence-electron chi connectivity index (χ4n) is 1.57. The van der Waals surface area contributed by atoms with Crippen LogP contribution in [0.4, 0.5) is 5.69 Å². The van der Waals surface area contributed by atoms with E-state index in [4.69, 9.17) is 34.8 Å². The summed E-state index contributed by atoms with van der Waals surface area (Å²) in [6.45, 7) is 1.97. The molecule has 0 unspecified atom stereocenters. The van der Waals surface area contributed by atoms with E-state index in [9.17, 15) is 4.79 Å². The van der Waals surface area contributed by atoms with Crippen LogP contribution in [0.5, 0.6) is 0 Å². The molecule has 0 bridgehead atoms. The maximum Gasteiger partial charge on any atom is 0.258 e. The summed E-state index contributed by atoms with van der Waals surface area (Å²) >= 11 is 17.9. The molecule has 98 valence electrons. The Bertz CT molecular complexity index is 623. The molecule has 0 saturated carbocycles. The zero-order valence-corrected chi connectivity index (χ0v) is 12.3. The highest BCUT2D eigenvalue weighted by Crippen LogP contribution is 2.31. The SMILES string of the molecule is Cc1ccc(NC(=O)c2c(Cl)ccc(Cl)c2Cl)cc1. The normalized spacial score (nSPS) is 10.3. The third kappa shape index (κ3) is 3.21. The number of carbonyl (C=O) groups excluding carboxylic acids is 1. The van der Waals surface area contributed by atoms with Crippen molar-refractivity contribution in [3.8, 4) is 0 Å². The van der Waals surface area contributed by atoms with Crippen molar-refractivity contribution in [2.24, 2.45) is 0 Å². The lowest BCUT2D eigenvalue weighted by molar-refractivity contribution is 0.102. The molecule has 0 radical (unpaired) electrons. The molecular formula is C14H10Cl3NO. The van der Waals surface area contributed by atoms with Crippen LogP contribution in [0.2, 0.25) is 15.1 Å². The minimum Gasteiger partial charge on any atom is -0.322 e. The van der Waals surface area contributed by atoms with Gasteiger partial charge in [-0.1, -0.05) is 52.5 Å². The summed E-state index contributed by atoms with van der Waals surface area (Å²) in [6.07, 6.45) is 0. The first-order valence-corrected chi connectivity index (χ1v) is 6.64. The molecule has 2 aromatic carbocycles. The number of anilines is 1. The zero-order chi connectivity index (χ0) is 14.0. The summed E-state index contributed by atoms with van der Waals surface area (Å²) in [5.74, 6) is -0.388. The molecule has 0 fully saturated rings. The van der Waals surface area contributed by atoms with E-state index in [1.54, 1.807) is 24.3 Å². The van der Waals surface area contributed by atoms with Gasteiger partial charge >= 0.3 is 0 Å². The molecule has 2 nitrogen and oxygen atoms in total. The summed E-state index contributed by atoms with van der Waals surface area (Å²) in [7, 11) is 0. The van der Waals surface area contributed by atoms with Gasteiger partial charge in [0, 0.05) is 5.69 Å². The van der Waals surface area contributed by atoms with Crippen LogP contribution in [0.15, 0.2) is 36.4 Å². The molecule has 0 aliphatic rings. The maximum atomic E-state index is 12.2. The molecule has 19 heavy (non-hydrogen) atoms. The Morgan fingerprint density at radius 3 is 2.16 bits per heavy atom. The Labute approximate surface area is 126 Å². The van der Waals surface area contributed by atoms with E-state index < -0.39 is 0 Å². The van der Waals surface area contributed by atoms with Crippen molar-refractivity contribution in [3.05, 3.63) is 62.6 Å². The number of halogens is 3. The second kappa shape index (κ2) is 5.83. The smallest absolute Gasteiger partial charge is 0.258 e. The first kappa shape index (κ1) is 14.2. The van der Waals surface area contributed by atoms with E-state index in [0.29, 0.717) is 10.7 Å². The predicted molar refractivity (Wildman–Crippen MR) is 80.6 cm³/mol. The van der Waals surface area contributed by atoms with Crippen molar-refractivity contribution < 1.29 is 4.79 Å². The third-order valence-corrected chi connectivity index (χ3v) is 3.70. The van der Waals surface area contributed by atoms with Crippen LogP contribution in [0, 0.1) is 6.92 Å². The minimum absolute atomic E-state index is 0.152. The Balaban J connectivity index is 2.30. The monoisotopic (exact) mass is 313 g/mol. The predicted octanol–water partition coefficient (Wildman–Crippen LogP) is 5.21.